The van der Waals surface area contributed by atoms with Crippen molar-refractivity contribution in [2.24, 2.45) is 0 Å². The van der Waals surface area contributed by atoms with E-state index in [-0.39, 0.29) is 31.1 Å². The zero-order valence-electron chi connectivity index (χ0n) is 21.4. The lowest BCUT2D eigenvalue weighted by atomic mass is 9.98. The molecular formula is C29H29F4N3O3. The van der Waals surface area contributed by atoms with Gasteiger partial charge in [-0.2, -0.15) is 13.2 Å². The molecule has 206 valence electrons. The molecule has 0 saturated carbocycles. The topological polar surface area (TPSA) is 54.0 Å². The van der Waals surface area contributed by atoms with Gasteiger partial charge in [-0.3, -0.25) is 4.90 Å². The van der Waals surface area contributed by atoms with Gasteiger partial charge in [0.25, 0.3) is 0 Å². The van der Waals surface area contributed by atoms with E-state index in [4.69, 9.17) is 9.47 Å². The highest BCUT2D eigenvalue weighted by Gasteiger charge is 2.33. The van der Waals surface area contributed by atoms with Crippen LogP contribution in [0.2, 0.25) is 0 Å². The number of carbonyl (C=O) groups is 1. The number of alkyl halides is 3. The van der Waals surface area contributed by atoms with Crippen molar-refractivity contribution in [1.29, 1.82) is 0 Å². The first kappa shape index (κ1) is 26.8. The molecule has 39 heavy (non-hydrogen) atoms. The van der Waals surface area contributed by atoms with Crippen LogP contribution in [-0.4, -0.2) is 41.8 Å². The number of urea groups is 1. The zero-order valence-corrected chi connectivity index (χ0v) is 21.4. The third-order valence-corrected chi connectivity index (χ3v) is 7.30. The van der Waals surface area contributed by atoms with Gasteiger partial charge in [-0.05, 0) is 61.2 Å². The van der Waals surface area contributed by atoms with E-state index < -0.39 is 23.6 Å². The van der Waals surface area contributed by atoms with Crippen LogP contribution >= 0.6 is 0 Å². The van der Waals surface area contributed by atoms with Crippen LogP contribution < -0.4 is 14.8 Å². The van der Waals surface area contributed by atoms with Crippen LogP contribution in [0.15, 0.2) is 66.7 Å². The molecule has 2 amide bonds. The number of rotatable bonds is 6. The van der Waals surface area contributed by atoms with E-state index in [1.165, 1.54) is 0 Å². The van der Waals surface area contributed by atoms with Gasteiger partial charge in [0.1, 0.15) is 5.82 Å². The lowest BCUT2D eigenvalue weighted by molar-refractivity contribution is -0.137. The zero-order chi connectivity index (χ0) is 27.6. The van der Waals surface area contributed by atoms with Crippen molar-refractivity contribution in [3.63, 3.8) is 0 Å². The number of piperidine rings is 1. The Labute approximate surface area is 224 Å². The molecule has 0 bridgehead atoms. The molecule has 0 spiro atoms. The number of carbonyl (C=O) groups excluding carboxylic acids is 1. The second kappa shape index (κ2) is 11.1. The number of fused-ring (bicyclic) bond motifs is 1. The average Bonchev–Trinajstić information content (AvgIpc) is 3.39. The van der Waals surface area contributed by atoms with Crippen LogP contribution in [0.5, 0.6) is 11.5 Å². The standard InChI is InChI=1S/C29H29F4N3O3/c1-19(21-7-8-26-27(13-21)39-18-38-26)35-11-9-25(10-12-35)36(17-20-5-3-2-4-6-20)28(37)34-24-15-22(29(31,32)33)14-23(30)16-24/h2-8,13-16,19,25H,9-12,17-18H2,1H3,(H,34,37). The van der Waals surface area contributed by atoms with Gasteiger partial charge in [0.2, 0.25) is 6.79 Å². The highest BCUT2D eigenvalue weighted by Crippen LogP contribution is 2.36. The second-order valence-electron chi connectivity index (χ2n) is 9.83. The van der Waals surface area contributed by atoms with Gasteiger partial charge in [0.05, 0.1) is 5.56 Å². The molecule has 1 unspecified atom stereocenters. The molecule has 0 aromatic heterocycles. The van der Waals surface area contributed by atoms with Crippen molar-refractivity contribution in [1.82, 2.24) is 9.80 Å². The van der Waals surface area contributed by atoms with E-state index in [0.29, 0.717) is 18.9 Å². The molecule has 3 aromatic carbocycles. The van der Waals surface area contributed by atoms with E-state index >= 15 is 0 Å². The normalized spacial score (nSPS) is 16.6. The summed E-state index contributed by atoms with van der Waals surface area (Å²) in [6.45, 7) is 4.05. The van der Waals surface area contributed by atoms with E-state index in [1.54, 1.807) is 4.90 Å². The molecular weight excluding hydrogens is 514 g/mol. The van der Waals surface area contributed by atoms with Gasteiger partial charge in [-0.25, -0.2) is 9.18 Å². The molecule has 10 heteroatoms. The third kappa shape index (κ3) is 6.27. The fourth-order valence-corrected chi connectivity index (χ4v) is 5.14. The number of anilines is 1. The Kier molecular flexibility index (Phi) is 7.65. The van der Waals surface area contributed by atoms with Crippen molar-refractivity contribution in [3.05, 3.63) is 89.2 Å². The fourth-order valence-electron chi connectivity index (χ4n) is 5.14. The van der Waals surface area contributed by atoms with Crippen LogP contribution in [-0.2, 0) is 12.7 Å². The van der Waals surface area contributed by atoms with Crippen LogP contribution in [0, 0.1) is 5.82 Å². The summed E-state index contributed by atoms with van der Waals surface area (Å²) in [5.41, 5.74) is 0.597. The second-order valence-corrected chi connectivity index (χ2v) is 9.83. The van der Waals surface area contributed by atoms with Crippen molar-refractivity contribution in [2.75, 3.05) is 25.2 Å². The fraction of sp³-hybridized carbons (Fsp3) is 0.345. The summed E-state index contributed by atoms with van der Waals surface area (Å²) in [5, 5.41) is 2.50. The largest absolute Gasteiger partial charge is 0.454 e. The number of hydrogen-bond donors (Lipinski definition) is 1. The molecule has 1 atom stereocenters. The maximum absolute atomic E-state index is 14.0. The smallest absolute Gasteiger partial charge is 0.416 e. The summed E-state index contributed by atoms with van der Waals surface area (Å²) in [6.07, 6.45) is -3.38. The van der Waals surface area contributed by atoms with E-state index in [1.807, 2.05) is 48.5 Å². The number of nitrogens with one attached hydrogen (secondary N) is 1. The molecule has 6 nitrogen and oxygen atoms in total. The van der Waals surface area contributed by atoms with Crippen LogP contribution in [0.3, 0.4) is 0 Å². The SMILES string of the molecule is CC(c1ccc2c(c1)OCO2)N1CCC(N(Cc2ccccc2)C(=O)Nc2cc(F)cc(C(F)(F)F)c2)CC1. The van der Waals surface area contributed by atoms with E-state index in [9.17, 15) is 22.4 Å². The van der Waals surface area contributed by atoms with Crippen molar-refractivity contribution < 1.29 is 31.8 Å². The Bertz CT molecular complexity index is 1310. The minimum atomic E-state index is -4.73. The highest BCUT2D eigenvalue weighted by atomic mass is 19.4. The lowest BCUT2D eigenvalue weighted by Crippen LogP contribution is -2.48. The Hall–Kier alpha value is -3.79. The molecule has 3 aromatic rings. The first-order valence-corrected chi connectivity index (χ1v) is 12.8. The first-order valence-electron chi connectivity index (χ1n) is 12.8. The first-order chi connectivity index (χ1) is 18.7. The van der Waals surface area contributed by atoms with Gasteiger partial charge < -0.3 is 19.7 Å². The van der Waals surface area contributed by atoms with E-state index in [2.05, 4.69) is 17.1 Å². The average molecular weight is 544 g/mol. The number of nitrogens with zero attached hydrogens (tertiary/aromatic N) is 2. The Morgan fingerprint density at radius 1 is 1.03 bits per heavy atom. The van der Waals surface area contributed by atoms with Gasteiger partial charge in [0.15, 0.2) is 11.5 Å². The lowest BCUT2D eigenvalue weighted by Gasteiger charge is -2.41. The molecule has 0 radical (unpaired) electrons. The van der Waals surface area contributed by atoms with Crippen molar-refractivity contribution >= 4 is 11.7 Å². The molecule has 1 saturated heterocycles. The highest BCUT2D eigenvalue weighted by molar-refractivity contribution is 5.89. The summed E-state index contributed by atoms with van der Waals surface area (Å²) in [4.78, 5) is 17.4. The monoisotopic (exact) mass is 543 g/mol. The molecule has 0 aliphatic carbocycles. The molecule has 2 heterocycles. The maximum atomic E-state index is 14.0. The van der Waals surface area contributed by atoms with Crippen LogP contribution in [0.25, 0.3) is 0 Å². The molecule has 1 N–H and O–H groups in total. The maximum Gasteiger partial charge on any atom is 0.416 e. The number of hydrogen-bond acceptors (Lipinski definition) is 4. The predicted molar refractivity (Wildman–Crippen MR) is 138 cm³/mol. The number of amides is 2. The number of likely N-dealkylation sites (tertiary alicyclic amines) is 1. The minimum absolute atomic E-state index is 0.116. The van der Waals surface area contributed by atoms with Gasteiger partial charge in [-0.1, -0.05) is 36.4 Å². The summed E-state index contributed by atoms with van der Waals surface area (Å²) in [6, 6.07) is 16.7. The quantitative estimate of drug-likeness (QED) is 0.346. The molecule has 5 rings (SSSR count). The van der Waals surface area contributed by atoms with Crippen LogP contribution in [0.4, 0.5) is 28.0 Å². The van der Waals surface area contributed by atoms with E-state index in [0.717, 1.165) is 47.8 Å². The Balaban J connectivity index is 1.30. The Morgan fingerprint density at radius 3 is 2.46 bits per heavy atom. The van der Waals surface area contributed by atoms with Crippen molar-refractivity contribution in [3.8, 4) is 11.5 Å². The van der Waals surface area contributed by atoms with Gasteiger partial charge in [-0.15, -0.1) is 0 Å². The van der Waals surface area contributed by atoms with Gasteiger partial charge in [0, 0.05) is 37.4 Å². The third-order valence-electron chi connectivity index (χ3n) is 7.30. The Morgan fingerprint density at radius 2 is 1.74 bits per heavy atom. The number of benzene rings is 3. The predicted octanol–water partition coefficient (Wildman–Crippen LogP) is 6.83. The molecule has 2 aliphatic rings. The summed E-state index contributed by atoms with van der Waals surface area (Å²) in [5.74, 6) is 0.388. The summed E-state index contributed by atoms with van der Waals surface area (Å²) < 4.78 is 64.5. The summed E-state index contributed by atoms with van der Waals surface area (Å²) >= 11 is 0. The minimum Gasteiger partial charge on any atom is -0.454 e. The van der Waals surface area contributed by atoms with Crippen molar-refractivity contribution in [2.45, 2.75) is 44.6 Å². The van der Waals surface area contributed by atoms with Gasteiger partial charge >= 0.3 is 12.2 Å². The van der Waals surface area contributed by atoms with Crippen LogP contribution in [0.1, 0.15) is 42.5 Å². The number of halogens is 4. The molecule has 1 fully saturated rings. The summed E-state index contributed by atoms with van der Waals surface area (Å²) in [7, 11) is 0. The number of ether oxygens (including phenoxy) is 2. The molecule has 2 aliphatic heterocycles.